The van der Waals surface area contributed by atoms with Crippen LogP contribution in [0.25, 0.3) is 0 Å². The highest BCUT2D eigenvalue weighted by Gasteiger charge is 2.11. The normalized spacial score (nSPS) is 10.8. The average Bonchev–Trinajstić information content (AvgIpc) is 2.45. The van der Waals surface area contributed by atoms with Crippen molar-refractivity contribution in [1.29, 1.82) is 0 Å². The van der Waals surface area contributed by atoms with Crippen LogP contribution in [0.2, 0.25) is 0 Å². The molecule has 0 fully saturated rings. The maximum Gasteiger partial charge on any atom is 0.274 e. The summed E-state index contributed by atoms with van der Waals surface area (Å²) in [6, 6.07) is 6.56. The first-order valence-corrected chi connectivity index (χ1v) is 6.91. The number of guanidine groups is 1. The monoisotopic (exact) mass is 406 g/mol. The maximum atomic E-state index is 10.8. The minimum Gasteiger partial charge on any atom is -0.370 e. The second-order valence-electron chi connectivity index (χ2n) is 4.57. The number of nitrogens with one attached hydrogen (secondary N) is 1. The molecule has 6 nitrogen and oxygen atoms in total. The molecule has 0 saturated carbocycles. The van der Waals surface area contributed by atoms with Crippen LogP contribution in [0.1, 0.15) is 38.2 Å². The van der Waals surface area contributed by atoms with Gasteiger partial charge in [0.2, 0.25) is 0 Å². The molecule has 0 saturated heterocycles. The van der Waals surface area contributed by atoms with Gasteiger partial charge in [-0.05, 0) is 6.42 Å². The van der Waals surface area contributed by atoms with E-state index in [2.05, 4.69) is 17.2 Å². The Labute approximate surface area is 142 Å². The number of rotatable bonds is 8. The van der Waals surface area contributed by atoms with E-state index in [1.807, 2.05) is 0 Å². The van der Waals surface area contributed by atoms with Gasteiger partial charge in [0.05, 0.1) is 17.0 Å². The Morgan fingerprint density at radius 2 is 2.05 bits per heavy atom. The number of para-hydroxylation sites is 1. The molecule has 1 aromatic carbocycles. The van der Waals surface area contributed by atoms with Crippen LogP contribution in [0.15, 0.2) is 29.3 Å². The van der Waals surface area contributed by atoms with Crippen molar-refractivity contribution in [3.05, 3.63) is 39.9 Å². The number of benzene rings is 1. The third kappa shape index (κ3) is 7.84. The Hall–Kier alpha value is -1.38. The van der Waals surface area contributed by atoms with E-state index in [1.54, 1.807) is 18.2 Å². The van der Waals surface area contributed by atoms with E-state index < -0.39 is 4.92 Å². The van der Waals surface area contributed by atoms with Crippen LogP contribution < -0.4 is 11.1 Å². The van der Waals surface area contributed by atoms with E-state index in [0.29, 0.717) is 11.5 Å². The van der Waals surface area contributed by atoms with E-state index >= 15 is 0 Å². The Balaban J connectivity index is 0.00000400. The topological polar surface area (TPSA) is 93.5 Å². The predicted molar refractivity (Wildman–Crippen MR) is 96.0 cm³/mol. The molecular weight excluding hydrogens is 383 g/mol. The summed E-state index contributed by atoms with van der Waals surface area (Å²) in [4.78, 5) is 14.6. The minimum absolute atomic E-state index is 0. The van der Waals surface area contributed by atoms with Crippen molar-refractivity contribution in [1.82, 2.24) is 5.32 Å². The number of unbranched alkanes of at least 4 members (excludes halogenated alkanes) is 3. The first-order valence-electron chi connectivity index (χ1n) is 6.91. The summed E-state index contributed by atoms with van der Waals surface area (Å²) in [6.45, 7) is 3.16. The lowest BCUT2D eigenvalue weighted by molar-refractivity contribution is -0.385. The number of nitro groups is 1. The van der Waals surface area contributed by atoms with Gasteiger partial charge in [0.25, 0.3) is 5.69 Å². The Morgan fingerprint density at radius 1 is 1.33 bits per heavy atom. The number of hydrogen-bond donors (Lipinski definition) is 2. The van der Waals surface area contributed by atoms with Gasteiger partial charge in [0.1, 0.15) is 0 Å². The maximum absolute atomic E-state index is 10.8. The molecule has 0 spiro atoms. The highest BCUT2D eigenvalue weighted by molar-refractivity contribution is 14.0. The number of halogens is 1. The highest BCUT2D eigenvalue weighted by atomic mass is 127. The van der Waals surface area contributed by atoms with Crippen LogP contribution >= 0.6 is 24.0 Å². The molecule has 1 aromatic rings. The zero-order chi connectivity index (χ0) is 14.8. The smallest absolute Gasteiger partial charge is 0.274 e. The number of nitrogens with two attached hydrogens (primary N) is 1. The molecule has 0 amide bonds. The molecular formula is C14H23IN4O2. The van der Waals surface area contributed by atoms with Crippen molar-refractivity contribution >= 4 is 35.6 Å². The van der Waals surface area contributed by atoms with Gasteiger partial charge in [-0.15, -0.1) is 24.0 Å². The van der Waals surface area contributed by atoms with Crippen LogP contribution in [-0.2, 0) is 6.54 Å². The number of aliphatic imine (C=N–C) groups is 1. The molecule has 21 heavy (non-hydrogen) atoms. The molecule has 7 heteroatoms. The van der Waals surface area contributed by atoms with Crippen molar-refractivity contribution in [2.45, 2.75) is 39.2 Å². The Kier molecular flexibility index (Phi) is 10.6. The fourth-order valence-electron chi connectivity index (χ4n) is 1.82. The fraction of sp³-hybridized carbons (Fsp3) is 0.500. The molecule has 0 atom stereocenters. The van der Waals surface area contributed by atoms with E-state index in [1.165, 1.54) is 25.3 Å². The molecule has 0 aliphatic rings. The standard InChI is InChI=1S/C14H22N4O2.HI/c1-2-3-4-7-10-16-14(15)17-11-12-8-5-6-9-13(12)18(19)20;/h5-6,8-9H,2-4,7,10-11H2,1H3,(H3,15,16,17);1H. The SMILES string of the molecule is CCCCCCNC(N)=NCc1ccccc1[N+](=O)[O-].I. The van der Waals surface area contributed by atoms with Crippen molar-refractivity contribution in [3.63, 3.8) is 0 Å². The molecule has 0 bridgehead atoms. The largest absolute Gasteiger partial charge is 0.370 e. The van der Waals surface area contributed by atoms with Crippen LogP contribution in [-0.4, -0.2) is 17.4 Å². The summed E-state index contributed by atoms with van der Waals surface area (Å²) in [5.41, 5.74) is 6.37. The number of nitro benzene ring substituents is 1. The van der Waals surface area contributed by atoms with Crippen molar-refractivity contribution < 1.29 is 4.92 Å². The third-order valence-corrected chi connectivity index (χ3v) is 2.94. The molecule has 118 valence electrons. The number of hydrogen-bond acceptors (Lipinski definition) is 3. The van der Waals surface area contributed by atoms with Gasteiger partial charge in [-0.1, -0.05) is 44.4 Å². The molecule has 0 aliphatic carbocycles. The highest BCUT2D eigenvalue weighted by Crippen LogP contribution is 2.18. The summed E-state index contributed by atoms with van der Waals surface area (Å²) < 4.78 is 0. The van der Waals surface area contributed by atoms with Crippen LogP contribution in [0, 0.1) is 10.1 Å². The van der Waals surface area contributed by atoms with E-state index in [4.69, 9.17) is 5.73 Å². The van der Waals surface area contributed by atoms with E-state index in [9.17, 15) is 10.1 Å². The lowest BCUT2D eigenvalue weighted by Crippen LogP contribution is -2.32. The molecule has 0 radical (unpaired) electrons. The second-order valence-corrected chi connectivity index (χ2v) is 4.57. The van der Waals surface area contributed by atoms with Crippen molar-refractivity contribution in [2.75, 3.05) is 6.54 Å². The molecule has 1 rings (SSSR count). The lowest BCUT2D eigenvalue weighted by Gasteiger charge is -2.05. The summed E-state index contributed by atoms with van der Waals surface area (Å²) >= 11 is 0. The number of nitrogens with zero attached hydrogens (tertiary/aromatic N) is 2. The second kappa shape index (κ2) is 11.3. The molecule has 0 aromatic heterocycles. The van der Waals surface area contributed by atoms with Gasteiger partial charge in [-0.3, -0.25) is 10.1 Å². The quantitative estimate of drug-likeness (QED) is 0.173. The van der Waals surface area contributed by atoms with Crippen LogP contribution in [0.5, 0.6) is 0 Å². The van der Waals surface area contributed by atoms with Gasteiger partial charge in [0, 0.05) is 12.6 Å². The molecule has 0 aliphatic heterocycles. The summed E-state index contributed by atoms with van der Waals surface area (Å²) in [6.07, 6.45) is 4.63. The van der Waals surface area contributed by atoms with Gasteiger partial charge in [-0.2, -0.15) is 0 Å². The lowest BCUT2D eigenvalue weighted by atomic mass is 10.2. The van der Waals surface area contributed by atoms with Gasteiger partial charge in [-0.25, -0.2) is 4.99 Å². The average molecular weight is 406 g/mol. The summed E-state index contributed by atoms with van der Waals surface area (Å²) in [5.74, 6) is 0.333. The zero-order valence-corrected chi connectivity index (χ0v) is 14.6. The molecule has 3 N–H and O–H groups in total. The van der Waals surface area contributed by atoms with Gasteiger partial charge < -0.3 is 11.1 Å². The summed E-state index contributed by atoms with van der Waals surface area (Å²) in [7, 11) is 0. The Bertz CT molecular complexity index is 466. The van der Waals surface area contributed by atoms with E-state index in [-0.39, 0.29) is 36.2 Å². The zero-order valence-electron chi connectivity index (χ0n) is 12.2. The third-order valence-electron chi connectivity index (χ3n) is 2.94. The molecule has 0 heterocycles. The Morgan fingerprint density at radius 3 is 2.71 bits per heavy atom. The predicted octanol–water partition coefficient (Wildman–Crippen LogP) is 3.20. The van der Waals surface area contributed by atoms with Crippen molar-refractivity contribution in [2.24, 2.45) is 10.7 Å². The van der Waals surface area contributed by atoms with Gasteiger partial charge in [0.15, 0.2) is 5.96 Å². The van der Waals surface area contributed by atoms with Crippen molar-refractivity contribution in [3.8, 4) is 0 Å². The molecule has 0 unspecified atom stereocenters. The first kappa shape index (κ1) is 19.6. The van der Waals surface area contributed by atoms with Crippen LogP contribution in [0.4, 0.5) is 5.69 Å². The summed E-state index contributed by atoms with van der Waals surface area (Å²) in [5, 5.41) is 13.9. The first-order chi connectivity index (χ1) is 9.65. The van der Waals surface area contributed by atoms with Crippen LogP contribution in [0.3, 0.4) is 0 Å². The fourth-order valence-corrected chi connectivity index (χ4v) is 1.82. The van der Waals surface area contributed by atoms with Gasteiger partial charge >= 0.3 is 0 Å². The minimum atomic E-state index is -0.404. The van der Waals surface area contributed by atoms with E-state index in [0.717, 1.165) is 13.0 Å².